The third-order valence-electron chi connectivity index (χ3n) is 3.49. The number of nitrogens with one attached hydrogen (secondary N) is 1. The lowest BCUT2D eigenvalue weighted by molar-refractivity contribution is 0.0377. The van der Waals surface area contributed by atoms with E-state index in [4.69, 9.17) is 17.3 Å². The van der Waals surface area contributed by atoms with Gasteiger partial charge in [-0.1, -0.05) is 25.4 Å². The Morgan fingerprint density at radius 1 is 1.35 bits per heavy atom. The minimum atomic E-state index is -3.73. The molecule has 5 nitrogen and oxygen atoms in total. The second kappa shape index (κ2) is 6.30. The van der Waals surface area contributed by atoms with Crippen LogP contribution < -0.4 is 10.5 Å². The van der Waals surface area contributed by atoms with Crippen LogP contribution in [0.2, 0.25) is 5.02 Å². The van der Waals surface area contributed by atoms with Crippen molar-refractivity contribution in [1.82, 2.24) is 4.72 Å². The molecule has 0 fully saturated rings. The summed E-state index contributed by atoms with van der Waals surface area (Å²) in [6.45, 7) is 5.22. The van der Waals surface area contributed by atoms with Gasteiger partial charge in [0.15, 0.2) is 0 Å². The molecule has 0 heterocycles. The lowest BCUT2D eigenvalue weighted by Gasteiger charge is -2.25. The van der Waals surface area contributed by atoms with Gasteiger partial charge in [0.25, 0.3) is 0 Å². The first-order valence-corrected chi connectivity index (χ1v) is 8.29. The minimum absolute atomic E-state index is 0.0374. The molecule has 4 N–H and O–H groups in total. The molecule has 0 aliphatic carbocycles. The molecule has 0 amide bonds. The van der Waals surface area contributed by atoms with Crippen molar-refractivity contribution in [1.29, 1.82) is 0 Å². The van der Waals surface area contributed by atoms with Gasteiger partial charge in [-0.15, -0.1) is 0 Å². The first-order valence-electron chi connectivity index (χ1n) is 6.43. The molecule has 0 spiro atoms. The van der Waals surface area contributed by atoms with Gasteiger partial charge in [-0.2, -0.15) is 0 Å². The number of halogens is 1. The van der Waals surface area contributed by atoms with E-state index in [9.17, 15) is 13.5 Å². The third-order valence-corrected chi connectivity index (χ3v) is 5.36. The fraction of sp³-hybridized carbons (Fsp3) is 0.538. The van der Waals surface area contributed by atoms with Crippen molar-refractivity contribution in [2.45, 2.75) is 44.1 Å². The summed E-state index contributed by atoms with van der Waals surface area (Å²) >= 11 is 5.85. The molecule has 1 aromatic rings. The van der Waals surface area contributed by atoms with Crippen molar-refractivity contribution in [2.24, 2.45) is 0 Å². The van der Waals surface area contributed by atoms with E-state index in [1.807, 2.05) is 13.8 Å². The van der Waals surface area contributed by atoms with Crippen LogP contribution in [0, 0.1) is 6.92 Å². The number of anilines is 1. The number of hydrogen-bond donors (Lipinski definition) is 3. The maximum atomic E-state index is 12.3. The summed E-state index contributed by atoms with van der Waals surface area (Å²) in [5.41, 5.74) is 5.32. The van der Waals surface area contributed by atoms with E-state index in [0.29, 0.717) is 23.4 Å². The highest BCUT2D eigenvalue weighted by atomic mass is 35.5. The fourth-order valence-electron chi connectivity index (χ4n) is 1.77. The number of aryl methyl sites for hydroxylation is 1. The van der Waals surface area contributed by atoms with E-state index < -0.39 is 15.6 Å². The van der Waals surface area contributed by atoms with Crippen molar-refractivity contribution in [3.63, 3.8) is 0 Å². The molecule has 0 aromatic heterocycles. The van der Waals surface area contributed by atoms with Crippen LogP contribution in [0.15, 0.2) is 17.0 Å². The molecule has 0 aliphatic heterocycles. The van der Waals surface area contributed by atoms with Gasteiger partial charge in [0.1, 0.15) is 0 Å². The highest BCUT2D eigenvalue weighted by Crippen LogP contribution is 2.26. The van der Waals surface area contributed by atoms with Gasteiger partial charge >= 0.3 is 0 Å². The Hall–Kier alpha value is -0.820. The van der Waals surface area contributed by atoms with Crippen molar-refractivity contribution in [2.75, 3.05) is 12.3 Å². The van der Waals surface area contributed by atoms with Gasteiger partial charge < -0.3 is 10.8 Å². The van der Waals surface area contributed by atoms with Crippen LogP contribution in [-0.4, -0.2) is 25.7 Å². The molecule has 20 heavy (non-hydrogen) atoms. The summed E-state index contributed by atoms with van der Waals surface area (Å²) < 4.78 is 27.0. The average Bonchev–Trinajstić information content (AvgIpc) is 2.40. The van der Waals surface area contributed by atoms with E-state index in [0.717, 1.165) is 0 Å². The smallest absolute Gasteiger partial charge is 0.241 e. The Morgan fingerprint density at radius 3 is 2.40 bits per heavy atom. The molecule has 0 bridgehead atoms. The summed E-state index contributed by atoms with van der Waals surface area (Å²) in [5, 5.41) is 10.5. The molecule has 0 atom stereocenters. The van der Waals surface area contributed by atoms with Crippen LogP contribution >= 0.6 is 11.6 Å². The van der Waals surface area contributed by atoms with E-state index in [2.05, 4.69) is 4.72 Å². The van der Waals surface area contributed by atoms with Crippen LogP contribution in [0.25, 0.3) is 0 Å². The Kier molecular flexibility index (Phi) is 5.43. The number of hydrogen-bond acceptors (Lipinski definition) is 4. The van der Waals surface area contributed by atoms with Crippen molar-refractivity contribution >= 4 is 27.3 Å². The summed E-state index contributed by atoms with van der Waals surface area (Å²) in [6.07, 6.45) is 0.932. The molecule has 1 aromatic carbocycles. The molecule has 0 saturated carbocycles. The van der Waals surface area contributed by atoms with Crippen LogP contribution in [0.1, 0.15) is 32.3 Å². The molecular weight excluding hydrogens is 300 g/mol. The summed E-state index contributed by atoms with van der Waals surface area (Å²) in [4.78, 5) is 0.0777. The van der Waals surface area contributed by atoms with Crippen LogP contribution in [0.5, 0.6) is 0 Å². The number of aliphatic hydroxyl groups is 1. The Bertz CT molecular complexity index is 584. The second-order valence-corrected chi connectivity index (χ2v) is 7.04. The standard InChI is InChI=1S/C13H21ClN2O3S/c1-4-13(17,5-2)8-16-20(18,19)12-7-11(15)10(14)6-9(12)3/h6-7,16-17H,4-5,8,15H2,1-3H3. The van der Waals surface area contributed by atoms with Crippen LogP contribution in [-0.2, 0) is 10.0 Å². The lowest BCUT2D eigenvalue weighted by atomic mass is 9.98. The summed E-state index contributed by atoms with van der Waals surface area (Å²) in [6, 6.07) is 2.84. The molecular formula is C13H21ClN2O3S. The van der Waals surface area contributed by atoms with Gasteiger partial charge in [-0.25, -0.2) is 13.1 Å². The first-order chi connectivity index (χ1) is 9.15. The average molecular weight is 321 g/mol. The van der Waals surface area contributed by atoms with E-state index in [1.165, 1.54) is 12.1 Å². The van der Waals surface area contributed by atoms with Crippen molar-refractivity contribution in [3.8, 4) is 0 Å². The van der Waals surface area contributed by atoms with E-state index in [1.54, 1.807) is 6.92 Å². The molecule has 0 unspecified atom stereocenters. The number of benzene rings is 1. The van der Waals surface area contributed by atoms with E-state index in [-0.39, 0.29) is 17.1 Å². The number of rotatable bonds is 6. The zero-order chi connectivity index (χ0) is 15.6. The Balaban J connectivity index is 3.04. The monoisotopic (exact) mass is 320 g/mol. The predicted octanol–water partition coefficient (Wildman–Crippen LogP) is 2.06. The zero-order valence-electron chi connectivity index (χ0n) is 11.9. The number of nitrogens with two attached hydrogens (primary N) is 1. The molecule has 7 heteroatoms. The Labute approximate surface area is 125 Å². The maximum absolute atomic E-state index is 12.3. The largest absolute Gasteiger partial charge is 0.397 e. The van der Waals surface area contributed by atoms with Crippen LogP contribution in [0.4, 0.5) is 5.69 Å². The highest BCUT2D eigenvalue weighted by molar-refractivity contribution is 7.89. The fourth-order valence-corrected chi connectivity index (χ4v) is 3.36. The first kappa shape index (κ1) is 17.2. The van der Waals surface area contributed by atoms with Crippen molar-refractivity contribution in [3.05, 3.63) is 22.7 Å². The highest BCUT2D eigenvalue weighted by Gasteiger charge is 2.26. The SMILES string of the molecule is CCC(O)(CC)CNS(=O)(=O)c1cc(N)c(Cl)cc1C. The lowest BCUT2D eigenvalue weighted by Crippen LogP contribution is -2.42. The number of nitrogen functional groups attached to an aromatic ring is 1. The maximum Gasteiger partial charge on any atom is 0.241 e. The molecule has 0 aliphatic rings. The van der Waals surface area contributed by atoms with Crippen molar-refractivity contribution < 1.29 is 13.5 Å². The molecule has 1 rings (SSSR count). The topological polar surface area (TPSA) is 92.4 Å². The van der Waals surface area contributed by atoms with Gasteiger partial charge in [-0.05, 0) is 37.5 Å². The second-order valence-electron chi connectivity index (χ2n) is 4.90. The normalized spacial score (nSPS) is 12.7. The number of sulfonamides is 1. The minimum Gasteiger partial charge on any atom is -0.397 e. The Morgan fingerprint density at radius 2 is 1.90 bits per heavy atom. The quantitative estimate of drug-likeness (QED) is 0.699. The summed E-state index contributed by atoms with van der Waals surface area (Å²) in [5.74, 6) is 0. The van der Waals surface area contributed by atoms with E-state index >= 15 is 0 Å². The zero-order valence-corrected chi connectivity index (χ0v) is 13.5. The molecule has 114 valence electrons. The van der Waals surface area contributed by atoms with Gasteiger partial charge in [-0.3, -0.25) is 0 Å². The van der Waals surface area contributed by atoms with Gasteiger partial charge in [0.2, 0.25) is 10.0 Å². The van der Waals surface area contributed by atoms with Gasteiger partial charge in [0.05, 0.1) is 21.2 Å². The molecule has 0 radical (unpaired) electrons. The van der Waals surface area contributed by atoms with Gasteiger partial charge in [0, 0.05) is 6.54 Å². The summed E-state index contributed by atoms with van der Waals surface area (Å²) in [7, 11) is -3.73. The third kappa shape index (κ3) is 3.85. The predicted molar refractivity (Wildman–Crippen MR) is 81.3 cm³/mol. The molecule has 0 saturated heterocycles. The van der Waals surface area contributed by atoms with Crippen LogP contribution in [0.3, 0.4) is 0 Å².